The summed E-state index contributed by atoms with van der Waals surface area (Å²) in [4.78, 5) is 33.4. The van der Waals surface area contributed by atoms with Crippen LogP contribution in [0.2, 0.25) is 0 Å². The van der Waals surface area contributed by atoms with Gasteiger partial charge in [0.1, 0.15) is 12.4 Å². The first kappa shape index (κ1) is 22.9. The van der Waals surface area contributed by atoms with Crippen molar-refractivity contribution < 1.29 is 19.1 Å². The number of hydrogen-bond donors (Lipinski definition) is 0. The smallest absolute Gasteiger partial charge is 0.338 e. The van der Waals surface area contributed by atoms with Crippen LogP contribution in [-0.2, 0) is 22.7 Å². The molecule has 0 unspecified atom stereocenters. The minimum atomic E-state index is -0.541. The van der Waals surface area contributed by atoms with Crippen molar-refractivity contribution in [2.45, 2.75) is 20.1 Å². The van der Waals surface area contributed by atoms with Crippen LogP contribution in [0.1, 0.15) is 26.6 Å². The Kier molecular flexibility index (Phi) is 7.70. The average Bonchev–Trinajstić information content (AvgIpc) is 3.27. The van der Waals surface area contributed by atoms with E-state index in [1.807, 2.05) is 30.5 Å². The maximum absolute atomic E-state index is 12.5. The number of nitrogens with zero attached hydrogens (tertiary/aromatic N) is 3. The molecule has 0 atom stereocenters. The van der Waals surface area contributed by atoms with Gasteiger partial charge in [-0.2, -0.15) is 0 Å². The van der Waals surface area contributed by atoms with E-state index in [4.69, 9.17) is 9.47 Å². The van der Waals surface area contributed by atoms with Gasteiger partial charge in [0.25, 0.3) is 5.91 Å². The maximum Gasteiger partial charge on any atom is 0.338 e. The molecule has 1 aliphatic rings. The zero-order chi connectivity index (χ0) is 23.0. The molecular weight excluding hydrogens is 438 g/mol. The SMILES string of the molecule is Cc1nc(COc2cccc(C(=O)OCC(=O)N3CCN(Cc4ccccc4)CC3)c2)cs1. The summed E-state index contributed by atoms with van der Waals surface area (Å²) < 4.78 is 11.0. The Labute approximate surface area is 197 Å². The van der Waals surface area contributed by atoms with Gasteiger partial charge in [-0.3, -0.25) is 9.69 Å². The highest BCUT2D eigenvalue weighted by Crippen LogP contribution is 2.17. The normalized spacial score (nSPS) is 14.2. The van der Waals surface area contributed by atoms with Gasteiger partial charge in [-0.25, -0.2) is 9.78 Å². The number of carbonyl (C=O) groups is 2. The van der Waals surface area contributed by atoms with Gasteiger partial charge in [-0.15, -0.1) is 11.3 Å². The van der Waals surface area contributed by atoms with E-state index in [1.165, 1.54) is 5.56 Å². The molecule has 0 saturated carbocycles. The highest BCUT2D eigenvalue weighted by atomic mass is 32.1. The van der Waals surface area contributed by atoms with Crippen LogP contribution in [0.4, 0.5) is 0 Å². The van der Waals surface area contributed by atoms with Gasteiger partial charge in [-0.1, -0.05) is 36.4 Å². The zero-order valence-corrected chi connectivity index (χ0v) is 19.4. The molecule has 33 heavy (non-hydrogen) atoms. The number of ether oxygens (including phenoxy) is 2. The van der Waals surface area contributed by atoms with Gasteiger partial charge in [0.15, 0.2) is 6.61 Å². The van der Waals surface area contributed by atoms with Gasteiger partial charge in [-0.05, 0) is 30.7 Å². The van der Waals surface area contributed by atoms with E-state index in [0.717, 1.165) is 30.3 Å². The van der Waals surface area contributed by atoms with E-state index in [9.17, 15) is 9.59 Å². The summed E-state index contributed by atoms with van der Waals surface area (Å²) in [5, 5.41) is 2.92. The largest absolute Gasteiger partial charge is 0.487 e. The van der Waals surface area contributed by atoms with Crippen molar-refractivity contribution in [1.29, 1.82) is 0 Å². The molecule has 172 valence electrons. The summed E-state index contributed by atoms with van der Waals surface area (Å²) in [5.41, 5.74) is 2.46. The van der Waals surface area contributed by atoms with Crippen molar-refractivity contribution in [3.05, 3.63) is 81.8 Å². The third-order valence-corrected chi connectivity index (χ3v) is 6.25. The molecule has 2 aromatic carbocycles. The molecule has 1 fully saturated rings. The highest BCUT2D eigenvalue weighted by molar-refractivity contribution is 7.09. The Bertz CT molecular complexity index is 1080. The number of rotatable bonds is 8. The minimum absolute atomic E-state index is 0.172. The predicted octanol–water partition coefficient (Wildman–Crippen LogP) is 3.53. The Hall–Kier alpha value is -3.23. The minimum Gasteiger partial charge on any atom is -0.487 e. The van der Waals surface area contributed by atoms with Crippen LogP contribution in [0.3, 0.4) is 0 Å². The lowest BCUT2D eigenvalue weighted by Crippen LogP contribution is -2.49. The van der Waals surface area contributed by atoms with Crippen LogP contribution in [-0.4, -0.2) is 59.4 Å². The van der Waals surface area contributed by atoms with E-state index < -0.39 is 5.97 Å². The first-order valence-electron chi connectivity index (χ1n) is 10.9. The van der Waals surface area contributed by atoms with Gasteiger partial charge in [0.2, 0.25) is 0 Å². The number of amides is 1. The van der Waals surface area contributed by atoms with Crippen molar-refractivity contribution in [3.63, 3.8) is 0 Å². The molecule has 8 heteroatoms. The molecule has 0 N–H and O–H groups in total. The first-order valence-corrected chi connectivity index (χ1v) is 11.8. The van der Waals surface area contributed by atoms with E-state index >= 15 is 0 Å². The van der Waals surface area contributed by atoms with Crippen molar-refractivity contribution in [2.24, 2.45) is 0 Å². The fraction of sp³-hybridized carbons (Fsp3) is 0.320. The maximum atomic E-state index is 12.5. The Morgan fingerprint density at radius 1 is 1.03 bits per heavy atom. The highest BCUT2D eigenvalue weighted by Gasteiger charge is 2.22. The lowest BCUT2D eigenvalue weighted by Gasteiger charge is -2.34. The van der Waals surface area contributed by atoms with Crippen LogP contribution < -0.4 is 4.74 Å². The molecule has 0 bridgehead atoms. The van der Waals surface area contributed by atoms with Crippen molar-refractivity contribution in [2.75, 3.05) is 32.8 Å². The number of thiazole rings is 1. The molecule has 1 aromatic heterocycles. The molecule has 1 aliphatic heterocycles. The summed E-state index contributed by atoms with van der Waals surface area (Å²) in [7, 11) is 0. The number of aryl methyl sites for hydroxylation is 1. The number of piperazine rings is 1. The summed E-state index contributed by atoms with van der Waals surface area (Å²) in [6, 6.07) is 17.1. The molecular formula is C25H27N3O4S. The molecule has 2 heterocycles. The Morgan fingerprint density at radius 3 is 2.55 bits per heavy atom. The number of esters is 1. The number of carbonyl (C=O) groups excluding carboxylic acids is 2. The van der Waals surface area contributed by atoms with Crippen molar-refractivity contribution >= 4 is 23.2 Å². The summed E-state index contributed by atoms with van der Waals surface area (Å²) in [6.45, 7) is 5.73. The summed E-state index contributed by atoms with van der Waals surface area (Å²) in [5.74, 6) is -0.161. The molecule has 3 aromatic rings. The summed E-state index contributed by atoms with van der Waals surface area (Å²) in [6.07, 6.45) is 0. The van der Waals surface area contributed by atoms with Gasteiger partial charge in [0.05, 0.1) is 16.3 Å². The summed E-state index contributed by atoms with van der Waals surface area (Å²) >= 11 is 1.56. The second-order valence-electron chi connectivity index (χ2n) is 7.89. The molecule has 0 radical (unpaired) electrons. The van der Waals surface area contributed by atoms with Gasteiger partial charge < -0.3 is 14.4 Å². The molecule has 1 amide bonds. The van der Waals surface area contributed by atoms with Gasteiger partial charge >= 0.3 is 5.97 Å². The quantitative estimate of drug-likeness (QED) is 0.474. The number of hydrogen-bond acceptors (Lipinski definition) is 7. The first-order chi connectivity index (χ1) is 16.1. The Balaban J connectivity index is 1.21. The molecule has 1 saturated heterocycles. The number of benzene rings is 2. The lowest BCUT2D eigenvalue weighted by atomic mass is 10.2. The Morgan fingerprint density at radius 2 is 1.82 bits per heavy atom. The van der Waals surface area contributed by atoms with Crippen LogP contribution >= 0.6 is 11.3 Å². The monoisotopic (exact) mass is 465 g/mol. The molecule has 0 spiro atoms. The fourth-order valence-electron chi connectivity index (χ4n) is 3.64. The van der Waals surface area contributed by atoms with E-state index in [1.54, 1.807) is 40.5 Å². The third kappa shape index (κ3) is 6.63. The van der Waals surface area contributed by atoms with Crippen LogP contribution in [0.5, 0.6) is 5.75 Å². The molecule has 0 aliphatic carbocycles. The van der Waals surface area contributed by atoms with Gasteiger partial charge in [0, 0.05) is 38.1 Å². The fourth-order valence-corrected chi connectivity index (χ4v) is 4.24. The predicted molar refractivity (Wildman–Crippen MR) is 126 cm³/mol. The topological polar surface area (TPSA) is 72.0 Å². The average molecular weight is 466 g/mol. The van der Waals surface area contributed by atoms with Crippen LogP contribution in [0.15, 0.2) is 60.0 Å². The van der Waals surface area contributed by atoms with E-state index in [0.29, 0.717) is 31.0 Å². The second-order valence-corrected chi connectivity index (χ2v) is 8.96. The van der Waals surface area contributed by atoms with E-state index in [-0.39, 0.29) is 12.5 Å². The second kappa shape index (κ2) is 11.1. The number of aromatic nitrogens is 1. The van der Waals surface area contributed by atoms with E-state index in [2.05, 4.69) is 22.0 Å². The van der Waals surface area contributed by atoms with Crippen molar-refractivity contribution in [1.82, 2.24) is 14.8 Å². The van der Waals surface area contributed by atoms with Crippen LogP contribution in [0.25, 0.3) is 0 Å². The van der Waals surface area contributed by atoms with Crippen molar-refractivity contribution in [3.8, 4) is 5.75 Å². The standard InChI is InChI=1S/C25H27N3O4S/c1-19-26-22(18-33-19)16-31-23-9-5-8-21(14-23)25(30)32-17-24(29)28-12-10-27(11-13-28)15-20-6-3-2-4-7-20/h2-9,14,18H,10-13,15-17H2,1H3. The lowest BCUT2D eigenvalue weighted by molar-refractivity contribution is -0.136. The molecule has 4 rings (SSSR count). The van der Waals surface area contributed by atoms with Crippen LogP contribution in [0, 0.1) is 6.92 Å². The molecule has 7 nitrogen and oxygen atoms in total. The zero-order valence-electron chi connectivity index (χ0n) is 18.6. The third-order valence-electron chi connectivity index (χ3n) is 5.42.